The number of amides is 2. The first kappa shape index (κ1) is 11.0. The lowest BCUT2D eigenvalue weighted by Crippen LogP contribution is -2.36. The van der Waals surface area contributed by atoms with Gasteiger partial charge in [-0.3, -0.25) is 14.5 Å². The SMILES string of the molecule is O=C1C=CC(=O)N1[C@@H]1CCCc2cc(O)ccc21. The van der Waals surface area contributed by atoms with Gasteiger partial charge in [0.1, 0.15) is 5.75 Å². The molecule has 0 saturated heterocycles. The van der Waals surface area contributed by atoms with Crippen LogP contribution in [0.2, 0.25) is 0 Å². The summed E-state index contributed by atoms with van der Waals surface area (Å²) in [6, 6.07) is 4.95. The molecule has 0 aromatic heterocycles. The molecule has 1 aromatic carbocycles. The van der Waals surface area contributed by atoms with Gasteiger partial charge in [0.2, 0.25) is 0 Å². The second-order valence-corrected chi connectivity index (χ2v) is 4.67. The Balaban J connectivity index is 2.01. The molecule has 1 heterocycles. The third-order valence-corrected chi connectivity index (χ3v) is 3.56. The van der Waals surface area contributed by atoms with E-state index in [0.29, 0.717) is 0 Å². The number of hydrogen-bond acceptors (Lipinski definition) is 3. The number of carbonyl (C=O) groups excluding carboxylic acids is 2. The molecule has 92 valence electrons. The first-order chi connectivity index (χ1) is 8.66. The van der Waals surface area contributed by atoms with E-state index >= 15 is 0 Å². The van der Waals surface area contributed by atoms with Crippen LogP contribution in [-0.4, -0.2) is 21.8 Å². The van der Waals surface area contributed by atoms with E-state index in [0.717, 1.165) is 30.4 Å². The molecule has 0 radical (unpaired) electrons. The Hall–Kier alpha value is -2.10. The predicted molar refractivity (Wildman–Crippen MR) is 64.8 cm³/mol. The van der Waals surface area contributed by atoms with E-state index in [1.165, 1.54) is 17.1 Å². The zero-order valence-corrected chi connectivity index (χ0v) is 9.80. The number of rotatable bonds is 1. The van der Waals surface area contributed by atoms with Crippen molar-refractivity contribution in [3.63, 3.8) is 0 Å². The third-order valence-electron chi connectivity index (χ3n) is 3.56. The van der Waals surface area contributed by atoms with Gasteiger partial charge in [-0.2, -0.15) is 0 Å². The summed E-state index contributed by atoms with van der Waals surface area (Å²) in [6.07, 6.45) is 5.22. The van der Waals surface area contributed by atoms with Crippen molar-refractivity contribution in [2.24, 2.45) is 0 Å². The van der Waals surface area contributed by atoms with Gasteiger partial charge in [-0.05, 0) is 42.5 Å². The lowest BCUT2D eigenvalue weighted by Gasteiger charge is -2.31. The normalized spacial score (nSPS) is 22.4. The summed E-state index contributed by atoms with van der Waals surface area (Å²) in [5.41, 5.74) is 2.00. The molecule has 2 amide bonds. The lowest BCUT2D eigenvalue weighted by atomic mass is 9.86. The van der Waals surface area contributed by atoms with Crippen molar-refractivity contribution in [3.05, 3.63) is 41.5 Å². The summed E-state index contributed by atoms with van der Waals surface area (Å²) in [5.74, 6) is -0.261. The molecule has 0 fully saturated rings. The molecule has 0 bridgehead atoms. The fraction of sp³-hybridized carbons (Fsp3) is 0.286. The molecule has 3 rings (SSSR count). The number of phenolic OH excluding ortho intramolecular Hbond substituents is 1. The number of fused-ring (bicyclic) bond motifs is 1. The second-order valence-electron chi connectivity index (χ2n) is 4.67. The fourth-order valence-corrected chi connectivity index (χ4v) is 2.76. The highest BCUT2D eigenvalue weighted by Crippen LogP contribution is 2.37. The number of phenols is 1. The van der Waals surface area contributed by atoms with E-state index in [-0.39, 0.29) is 23.6 Å². The highest BCUT2D eigenvalue weighted by molar-refractivity contribution is 6.13. The van der Waals surface area contributed by atoms with Crippen LogP contribution in [0.25, 0.3) is 0 Å². The van der Waals surface area contributed by atoms with Crippen molar-refractivity contribution in [2.75, 3.05) is 0 Å². The van der Waals surface area contributed by atoms with Crippen LogP contribution < -0.4 is 0 Å². The van der Waals surface area contributed by atoms with E-state index < -0.39 is 0 Å². The van der Waals surface area contributed by atoms with Crippen LogP contribution in [0.5, 0.6) is 5.75 Å². The summed E-state index contributed by atoms with van der Waals surface area (Å²) < 4.78 is 0. The Labute approximate surface area is 105 Å². The Morgan fingerprint density at radius 3 is 2.61 bits per heavy atom. The van der Waals surface area contributed by atoms with E-state index in [4.69, 9.17) is 0 Å². The number of benzene rings is 1. The molecule has 4 nitrogen and oxygen atoms in total. The van der Waals surface area contributed by atoms with Gasteiger partial charge in [0.25, 0.3) is 11.8 Å². The van der Waals surface area contributed by atoms with Crippen molar-refractivity contribution in [1.82, 2.24) is 4.90 Å². The van der Waals surface area contributed by atoms with Gasteiger partial charge in [0.05, 0.1) is 6.04 Å². The minimum absolute atomic E-state index is 0.190. The van der Waals surface area contributed by atoms with Gasteiger partial charge >= 0.3 is 0 Å². The molecular formula is C14H13NO3. The molecule has 1 N–H and O–H groups in total. The van der Waals surface area contributed by atoms with E-state index in [1.807, 2.05) is 6.07 Å². The van der Waals surface area contributed by atoms with Crippen LogP contribution in [0.4, 0.5) is 0 Å². The molecule has 0 spiro atoms. The highest BCUT2D eigenvalue weighted by atomic mass is 16.3. The molecule has 1 aliphatic heterocycles. The average Bonchev–Trinajstić information content (AvgIpc) is 2.68. The molecule has 0 unspecified atom stereocenters. The maximum atomic E-state index is 11.7. The summed E-state index contributed by atoms with van der Waals surface area (Å²) in [6.45, 7) is 0. The van der Waals surface area contributed by atoms with Crippen molar-refractivity contribution in [3.8, 4) is 5.75 Å². The van der Waals surface area contributed by atoms with Gasteiger partial charge in [-0.1, -0.05) is 6.07 Å². The number of hydrogen-bond donors (Lipinski definition) is 1. The van der Waals surface area contributed by atoms with Gasteiger partial charge in [-0.25, -0.2) is 0 Å². The summed E-state index contributed by atoms with van der Waals surface area (Å²) >= 11 is 0. The minimum Gasteiger partial charge on any atom is -0.508 e. The Kier molecular flexibility index (Phi) is 2.44. The molecular weight excluding hydrogens is 230 g/mol. The monoisotopic (exact) mass is 243 g/mol. The number of aromatic hydroxyl groups is 1. The Morgan fingerprint density at radius 1 is 1.17 bits per heavy atom. The number of carbonyl (C=O) groups is 2. The minimum atomic E-state index is -0.245. The van der Waals surface area contributed by atoms with Gasteiger partial charge in [0.15, 0.2) is 0 Å². The zero-order chi connectivity index (χ0) is 12.7. The van der Waals surface area contributed by atoms with Crippen LogP contribution in [0.3, 0.4) is 0 Å². The van der Waals surface area contributed by atoms with Crippen LogP contribution in [0.1, 0.15) is 30.0 Å². The molecule has 1 atom stereocenters. The van der Waals surface area contributed by atoms with E-state index in [9.17, 15) is 14.7 Å². The lowest BCUT2D eigenvalue weighted by molar-refractivity contribution is -0.140. The molecule has 4 heteroatoms. The first-order valence-electron chi connectivity index (χ1n) is 6.04. The highest BCUT2D eigenvalue weighted by Gasteiger charge is 2.34. The summed E-state index contributed by atoms with van der Waals surface area (Å²) in [5, 5.41) is 9.48. The fourth-order valence-electron chi connectivity index (χ4n) is 2.76. The smallest absolute Gasteiger partial charge is 0.254 e. The molecule has 1 aliphatic carbocycles. The van der Waals surface area contributed by atoms with E-state index in [1.54, 1.807) is 12.1 Å². The maximum Gasteiger partial charge on any atom is 0.254 e. The number of imide groups is 1. The van der Waals surface area contributed by atoms with Crippen molar-refractivity contribution >= 4 is 11.8 Å². The quantitative estimate of drug-likeness (QED) is 0.764. The van der Waals surface area contributed by atoms with Gasteiger partial charge in [0, 0.05) is 12.2 Å². The third kappa shape index (κ3) is 1.61. The summed E-state index contributed by atoms with van der Waals surface area (Å²) in [7, 11) is 0. The second kappa shape index (κ2) is 3.98. The van der Waals surface area contributed by atoms with Crippen LogP contribution in [-0.2, 0) is 16.0 Å². The van der Waals surface area contributed by atoms with Crippen LogP contribution in [0, 0.1) is 0 Å². The van der Waals surface area contributed by atoms with Gasteiger partial charge in [-0.15, -0.1) is 0 Å². The van der Waals surface area contributed by atoms with Crippen LogP contribution in [0.15, 0.2) is 30.4 Å². The topological polar surface area (TPSA) is 57.6 Å². The maximum absolute atomic E-state index is 11.7. The van der Waals surface area contributed by atoms with Crippen molar-refractivity contribution in [1.29, 1.82) is 0 Å². The number of aryl methyl sites for hydroxylation is 1. The molecule has 0 saturated carbocycles. The molecule has 18 heavy (non-hydrogen) atoms. The molecule has 2 aliphatic rings. The number of nitrogens with zero attached hydrogens (tertiary/aromatic N) is 1. The first-order valence-corrected chi connectivity index (χ1v) is 6.04. The summed E-state index contributed by atoms with van der Waals surface area (Å²) in [4.78, 5) is 24.8. The van der Waals surface area contributed by atoms with Crippen molar-refractivity contribution < 1.29 is 14.7 Å². The van der Waals surface area contributed by atoms with Gasteiger partial charge < -0.3 is 5.11 Å². The van der Waals surface area contributed by atoms with E-state index in [2.05, 4.69) is 0 Å². The predicted octanol–water partition coefficient (Wildman–Crippen LogP) is 1.69. The Bertz CT molecular complexity index is 544. The Morgan fingerprint density at radius 2 is 1.89 bits per heavy atom. The van der Waals surface area contributed by atoms with Crippen molar-refractivity contribution in [2.45, 2.75) is 25.3 Å². The molecule has 1 aromatic rings. The standard InChI is InChI=1S/C14H13NO3/c16-10-4-5-11-9(8-10)2-1-3-12(11)15-13(17)6-7-14(15)18/h4-8,12,16H,1-3H2/t12-/m1/s1. The average molecular weight is 243 g/mol. The zero-order valence-electron chi connectivity index (χ0n) is 9.80. The van der Waals surface area contributed by atoms with Crippen LogP contribution >= 0.6 is 0 Å². The largest absolute Gasteiger partial charge is 0.508 e.